The number of phenols is 1. The van der Waals surface area contributed by atoms with Gasteiger partial charge in [0.05, 0.1) is 5.56 Å². The standard InChI is InChI=1S/C13H18N2O2/c1-9(10-6-7-14-8-10)15-13(17)11-4-2-3-5-12(11)16/h2-5,9-10,14,16H,6-8H2,1H3,(H,15,17). The summed E-state index contributed by atoms with van der Waals surface area (Å²) < 4.78 is 0. The lowest BCUT2D eigenvalue weighted by Crippen LogP contribution is -2.38. The number of para-hydroxylation sites is 1. The number of rotatable bonds is 3. The lowest BCUT2D eigenvalue weighted by Gasteiger charge is -2.20. The second kappa shape index (κ2) is 5.19. The molecule has 1 aliphatic heterocycles. The molecule has 17 heavy (non-hydrogen) atoms. The van der Waals surface area contributed by atoms with Crippen molar-refractivity contribution in [3.63, 3.8) is 0 Å². The van der Waals surface area contributed by atoms with E-state index in [1.54, 1.807) is 18.2 Å². The number of aromatic hydroxyl groups is 1. The summed E-state index contributed by atoms with van der Waals surface area (Å²) in [5.74, 6) is 0.300. The molecule has 1 fully saturated rings. The van der Waals surface area contributed by atoms with Crippen LogP contribution in [-0.4, -0.2) is 30.1 Å². The Balaban J connectivity index is 1.99. The molecular weight excluding hydrogens is 216 g/mol. The highest BCUT2D eigenvalue weighted by atomic mass is 16.3. The first kappa shape index (κ1) is 11.9. The highest BCUT2D eigenvalue weighted by molar-refractivity contribution is 5.96. The SMILES string of the molecule is CC(NC(=O)c1ccccc1O)C1CCNC1. The molecule has 3 N–H and O–H groups in total. The number of carbonyl (C=O) groups excluding carboxylic acids is 1. The highest BCUT2D eigenvalue weighted by Crippen LogP contribution is 2.17. The Hall–Kier alpha value is -1.55. The first-order valence-electron chi connectivity index (χ1n) is 5.98. The summed E-state index contributed by atoms with van der Waals surface area (Å²) >= 11 is 0. The van der Waals surface area contributed by atoms with Crippen LogP contribution in [0, 0.1) is 5.92 Å². The van der Waals surface area contributed by atoms with Crippen LogP contribution in [0.2, 0.25) is 0 Å². The number of hydrogen-bond donors (Lipinski definition) is 3. The van der Waals surface area contributed by atoms with Gasteiger partial charge in [0, 0.05) is 6.04 Å². The lowest BCUT2D eigenvalue weighted by molar-refractivity contribution is 0.0926. The van der Waals surface area contributed by atoms with E-state index in [9.17, 15) is 9.90 Å². The van der Waals surface area contributed by atoms with Gasteiger partial charge in [-0.1, -0.05) is 12.1 Å². The van der Waals surface area contributed by atoms with Crippen LogP contribution in [0.15, 0.2) is 24.3 Å². The van der Waals surface area contributed by atoms with E-state index in [2.05, 4.69) is 10.6 Å². The second-order valence-electron chi connectivity index (χ2n) is 4.53. The number of nitrogens with one attached hydrogen (secondary N) is 2. The van der Waals surface area contributed by atoms with E-state index < -0.39 is 0 Å². The topological polar surface area (TPSA) is 61.4 Å². The van der Waals surface area contributed by atoms with E-state index in [1.807, 2.05) is 6.92 Å². The average Bonchev–Trinajstić information content (AvgIpc) is 2.82. The van der Waals surface area contributed by atoms with Crippen LogP contribution in [0.3, 0.4) is 0 Å². The molecule has 2 rings (SSSR count). The molecule has 0 radical (unpaired) electrons. The van der Waals surface area contributed by atoms with Crippen LogP contribution in [0.1, 0.15) is 23.7 Å². The lowest BCUT2D eigenvalue weighted by atomic mass is 10.00. The Labute approximate surface area is 101 Å². The maximum atomic E-state index is 11.9. The zero-order chi connectivity index (χ0) is 12.3. The summed E-state index contributed by atoms with van der Waals surface area (Å²) in [6.07, 6.45) is 1.09. The highest BCUT2D eigenvalue weighted by Gasteiger charge is 2.23. The number of phenolic OH excluding ortho intramolecular Hbond substituents is 1. The quantitative estimate of drug-likeness (QED) is 0.734. The van der Waals surface area contributed by atoms with Crippen LogP contribution in [0.5, 0.6) is 5.75 Å². The van der Waals surface area contributed by atoms with E-state index in [-0.39, 0.29) is 17.7 Å². The Kier molecular flexibility index (Phi) is 3.64. The van der Waals surface area contributed by atoms with Gasteiger partial charge in [-0.25, -0.2) is 0 Å². The summed E-state index contributed by atoms with van der Waals surface area (Å²) in [5, 5.41) is 15.8. The van der Waals surface area contributed by atoms with Crippen LogP contribution in [-0.2, 0) is 0 Å². The van der Waals surface area contributed by atoms with E-state index in [0.717, 1.165) is 19.5 Å². The van der Waals surface area contributed by atoms with Gasteiger partial charge in [0.2, 0.25) is 0 Å². The maximum absolute atomic E-state index is 11.9. The Bertz CT molecular complexity index is 400. The van der Waals surface area contributed by atoms with Crippen molar-refractivity contribution in [2.24, 2.45) is 5.92 Å². The van der Waals surface area contributed by atoms with Crippen LogP contribution in [0.4, 0.5) is 0 Å². The van der Waals surface area contributed by atoms with Crippen molar-refractivity contribution in [1.29, 1.82) is 0 Å². The van der Waals surface area contributed by atoms with E-state index in [1.165, 1.54) is 6.07 Å². The predicted molar refractivity (Wildman–Crippen MR) is 66.0 cm³/mol. The van der Waals surface area contributed by atoms with E-state index in [4.69, 9.17) is 0 Å². The normalized spacial score (nSPS) is 21.1. The molecular formula is C13H18N2O2. The molecule has 0 aromatic heterocycles. The molecule has 0 bridgehead atoms. The van der Waals surface area contributed by atoms with Crippen molar-refractivity contribution in [2.75, 3.05) is 13.1 Å². The zero-order valence-corrected chi connectivity index (χ0v) is 9.94. The molecule has 1 saturated heterocycles. The minimum atomic E-state index is -0.206. The molecule has 2 unspecified atom stereocenters. The molecule has 0 spiro atoms. The molecule has 2 atom stereocenters. The number of carbonyl (C=O) groups is 1. The van der Waals surface area contributed by atoms with Gasteiger partial charge in [0.15, 0.2) is 0 Å². The fourth-order valence-corrected chi connectivity index (χ4v) is 2.17. The van der Waals surface area contributed by atoms with Gasteiger partial charge in [-0.05, 0) is 44.5 Å². The van der Waals surface area contributed by atoms with Crippen LogP contribution in [0.25, 0.3) is 0 Å². The third kappa shape index (κ3) is 2.77. The zero-order valence-electron chi connectivity index (χ0n) is 9.94. The summed E-state index contributed by atoms with van der Waals surface area (Å²) in [6, 6.07) is 6.73. The molecule has 1 aromatic carbocycles. The number of benzene rings is 1. The fourth-order valence-electron chi connectivity index (χ4n) is 2.17. The monoisotopic (exact) mass is 234 g/mol. The predicted octanol–water partition coefficient (Wildman–Crippen LogP) is 1.12. The Morgan fingerprint density at radius 3 is 2.94 bits per heavy atom. The maximum Gasteiger partial charge on any atom is 0.255 e. The van der Waals surface area contributed by atoms with E-state index in [0.29, 0.717) is 11.5 Å². The van der Waals surface area contributed by atoms with Crippen molar-refractivity contribution in [3.8, 4) is 5.75 Å². The van der Waals surface area contributed by atoms with Gasteiger partial charge in [0.25, 0.3) is 5.91 Å². The third-order valence-electron chi connectivity index (χ3n) is 3.31. The molecule has 4 heteroatoms. The van der Waals surface area contributed by atoms with Gasteiger partial charge < -0.3 is 15.7 Å². The minimum absolute atomic E-state index is 0.0294. The van der Waals surface area contributed by atoms with Crippen molar-refractivity contribution in [3.05, 3.63) is 29.8 Å². The summed E-state index contributed by atoms with van der Waals surface area (Å²) in [6.45, 7) is 3.97. The van der Waals surface area contributed by atoms with Gasteiger partial charge in [-0.15, -0.1) is 0 Å². The first-order chi connectivity index (χ1) is 8.18. The largest absolute Gasteiger partial charge is 0.507 e. The molecule has 92 valence electrons. The smallest absolute Gasteiger partial charge is 0.255 e. The molecule has 0 saturated carbocycles. The summed E-state index contributed by atoms with van der Waals surface area (Å²) in [4.78, 5) is 11.9. The van der Waals surface area contributed by atoms with Gasteiger partial charge >= 0.3 is 0 Å². The first-order valence-corrected chi connectivity index (χ1v) is 5.98. The van der Waals surface area contributed by atoms with Crippen LogP contribution >= 0.6 is 0 Å². The van der Waals surface area contributed by atoms with Crippen molar-refractivity contribution >= 4 is 5.91 Å². The average molecular weight is 234 g/mol. The second-order valence-corrected chi connectivity index (χ2v) is 4.53. The minimum Gasteiger partial charge on any atom is -0.507 e. The van der Waals surface area contributed by atoms with Gasteiger partial charge in [0.1, 0.15) is 5.75 Å². The third-order valence-corrected chi connectivity index (χ3v) is 3.31. The van der Waals surface area contributed by atoms with Crippen molar-refractivity contribution < 1.29 is 9.90 Å². The Morgan fingerprint density at radius 2 is 2.29 bits per heavy atom. The molecule has 1 amide bonds. The Morgan fingerprint density at radius 1 is 1.53 bits per heavy atom. The summed E-state index contributed by atoms with van der Waals surface area (Å²) in [7, 11) is 0. The number of amides is 1. The molecule has 4 nitrogen and oxygen atoms in total. The summed E-state index contributed by atoms with van der Waals surface area (Å²) in [5.41, 5.74) is 0.338. The number of hydrogen-bond acceptors (Lipinski definition) is 3. The van der Waals surface area contributed by atoms with Gasteiger partial charge in [-0.3, -0.25) is 4.79 Å². The van der Waals surface area contributed by atoms with Crippen molar-refractivity contribution in [2.45, 2.75) is 19.4 Å². The molecule has 1 aromatic rings. The van der Waals surface area contributed by atoms with Crippen molar-refractivity contribution in [1.82, 2.24) is 10.6 Å². The molecule has 1 heterocycles. The molecule has 0 aliphatic carbocycles. The van der Waals surface area contributed by atoms with Crippen LogP contribution < -0.4 is 10.6 Å². The van der Waals surface area contributed by atoms with Gasteiger partial charge in [-0.2, -0.15) is 0 Å². The fraction of sp³-hybridized carbons (Fsp3) is 0.462. The van der Waals surface area contributed by atoms with E-state index >= 15 is 0 Å². The molecule has 1 aliphatic rings.